The summed E-state index contributed by atoms with van der Waals surface area (Å²) in [6, 6.07) is 8.55. The molecule has 2 aromatic rings. The zero-order valence-corrected chi connectivity index (χ0v) is 16.0. The first-order valence-electron chi connectivity index (χ1n) is 8.72. The lowest BCUT2D eigenvalue weighted by molar-refractivity contribution is -0.152. The van der Waals surface area contributed by atoms with Crippen LogP contribution in [0.25, 0.3) is 0 Å². The van der Waals surface area contributed by atoms with E-state index in [0.29, 0.717) is 35.0 Å². The zero-order chi connectivity index (χ0) is 20.1. The fourth-order valence-electron chi connectivity index (χ4n) is 2.72. The molecule has 1 aromatic carbocycles. The number of anilines is 2. The molecule has 1 atom stereocenters. The fraction of sp³-hybridized carbons (Fsp3) is 0.316. The molecular weight excluding hydrogens is 380 g/mol. The first kappa shape index (κ1) is 19.5. The standard InChI is InChI=1S/C19H18N4O4S/c1-12(18(26)22-15-6-3-2-5-13(15)10-20)27-17(25)9-14-11-28-19(21-14)23-8-4-7-16(23)24/h2-3,5-6,11-12H,4,7-9H2,1H3,(H,22,26)/t12-/m0/s1. The second-order valence-electron chi connectivity index (χ2n) is 6.23. The van der Waals surface area contributed by atoms with E-state index in [2.05, 4.69) is 10.3 Å². The van der Waals surface area contributed by atoms with Crippen LogP contribution < -0.4 is 10.2 Å². The van der Waals surface area contributed by atoms with Crippen molar-refractivity contribution >= 4 is 39.9 Å². The molecule has 1 aliphatic rings. The maximum absolute atomic E-state index is 12.2. The number of amides is 2. The third kappa shape index (κ3) is 4.53. The van der Waals surface area contributed by atoms with Crippen LogP contribution in [0.1, 0.15) is 31.0 Å². The van der Waals surface area contributed by atoms with Crippen molar-refractivity contribution in [2.24, 2.45) is 0 Å². The third-order valence-corrected chi connectivity index (χ3v) is 5.06. The topological polar surface area (TPSA) is 112 Å². The van der Waals surface area contributed by atoms with Gasteiger partial charge in [0, 0.05) is 18.3 Å². The quantitative estimate of drug-likeness (QED) is 0.747. The summed E-state index contributed by atoms with van der Waals surface area (Å²) in [5.41, 5.74) is 1.17. The highest BCUT2D eigenvalue weighted by atomic mass is 32.1. The number of esters is 1. The minimum absolute atomic E-state index is 0.0337. The number of hydrogen-bond acceptors (Lipinski definition) is 7. The van der Waals surface area contributed by atoms with Gasteiger partial charge in [0.25, 0.3) is 5.91 Å². The summed E-state index contributed by atoms with van der Waals surface area (Å²) in [7, 11) is 0. The molecule has 3 rings (SSSR count). The van der Waals surface area contributed by atoms with Gasteiger partial charge in [-0.05, 0) is 25.5 Å². The van der Waals surface area contributed by atoms with E-state index in [4.69, 9.17) is 10.00 Å². The Balaban J connectivity index is 1.54. The number of aromatic nitrogens is 1. The van der Waals surface area contributed by atoms with Crippen LogP contribution in [-0.2, 0) is 25.5 Å². The molecule has 2 amide bonds. The molecule has 8 nitrogen and oxygen atoms in total. The molecule has 0 unspecified atom stereocenters. The molecule has 0 bridgehead atoms. The lowest BCUT2D eigenvalue weighted by Crippen LogP contribution is -2.30. The Morgan fingerprint density at radius 1 is 1.43 bits per heavy atom. The average molecular weight is 398 g/mol. The molecule has 0 aliphatic carbocycles. The summed E-state index contributed by atoms with van der Waals surface area (Å²) in [6.07, 6.45) is 0.193. The van der Waals surface area contributed by atoms with E-state index in [-0.39, 0.29) is 12.3 Å². The van der Waals surface area contributed by atoms with Crippen LogP contribution in [0.4, 0.5) is 10.8 Å². The van der Waals surface area contributed by atoms with Crippen molar-refractivity contribution in [1.29, 1.82) is 5.26 Å². The number of benzene rings is 1. The van der Waals surface area contributed by atoms with Crippen LogP contribution in [0.2, 0.25) is 0 Å². The number of nitriles is 1. The highest BCUT2D eigenvalue weighted by Crippen LogP contribution is 2.25. The Labute approximate surface area is 165 Å². The van der Waals surface area contributed by atoms with Crippen LogP contribution in [0, 0.1) is 11.3 Å². The van der Waals surface area contributed by atoms with Crippen molar-refractivity contribution in [3.8, 4) is 6.07 Å². The van der Waals surface area contributed by atoms with E-state index < -0.39 is 18.0 Å². The Hall–Kier alpha value is -3.25. The van der Waals surface area contributed by atoms with Crippen LogP contribution in [-0.4, -0.2) is 35.4 Å². The molecule has 1 saturated heterocycles. The normalized spacial score (nSPS) is 14.4. The molecule has 1 aromatic heterocycles. The third-order valence-electron chi connectivity index (χ3n) is 4.15. The monoisotopic (exact) mass is 398 g/mol. The molecule has 2 heterocycles. The fourth-order valence-corrected chi connectivity index (χ4v) is 3.58. The molecule has 0 radical (unpaired) electrons. The minimum Gasteiger partial charge on any atom is -0.452 e. The van der Waals surface area contributed by atoms with Gasteiger partial charge in [-0.25, -0.2) is 4.98 Å². The largest absolute Gasteiger partial charge is 0.452 e. The Morgan fingerprint density at radius 2 is 2.21 bits per heavy atom. The second kappa shape index (κ2) is 8.63. The first-order chi connectivity index (χ1) is 13.5. The number of carbonyl (C=O) groups is 3. The van der Waals surface area contributed by atoms with E-state index in [1.54, 1.807) is 34.5 Å². The van der Waals surface area contributed by atoms with E-state index in [0.717, 1.165) is 6.42 Å². The van der Waals surface area contributed by atoms with Gasteiger partial charge in [-0.2, -0.15) is 5.26 Å². The number of nitrogens with one attached hydrogen (secondary N) is 1. The van der Waals surface area contributed by atoms with E-state index >= 15 is 0 Å². The smallest absolute Gasteiger partial charge is 0.312 e. The molecular formula is C19H18N4O4S. The lowest BCUT2D eigenvalue weighted by Gasteiger charge is -2.14. The number of nitrogens with zero attached hydrogens (tertiary/aromatic N) is 3. The summed E-state index contributed by atoms with van der Waals surface area (Å²) < 4.78 is 5.17. The number of carbonyl (C=O) groups excluding carboxylic acids is 3. The average Bonchev–Trinajstić information content (AvgIpc) is 3.30. The number of thiazole rings is 1. The van der Waals surface area contributed by atoms with Gasteiger partial charge in [0.05, 0.1) is 23.4 Å². The Bertz CT molecular complexity index is 949. The Kier molecular flexibility index (Phi) is 6.01. The SMILES string of the molecule is C[C@H](OC(=O)Cc1csc(N2CCCC2=O)n1)C(=O)Nc1ccccc1C#N. The molecule has 1 fully saturated rings. The molecule has 0 spiro atoms. The maximum atomic E-state index is 12.2. The zero-order valence-electron chi connectivity index (χ0n) is 15.2. The molecule has 28 heavy (non-hydrogen) atoms. The van der Waals surface area contributed by atoms with Crippen molar-refractivity contribution in [1.82, 2.24) is 4.98 Å². The highest BCUT2D eigenvalue weighted by Gasteiger charge is 2.25. The van der Waals surface area contributed by atoms with Crippen molar-refractivity contribution in [3.05, 3.63) is 40.9 Å². The Morgan fingerprint density at radius 3 is 2.93 bits per heavy atom. The van der Waals surface area contributed by atoms with Gasteiger partial charge in [0.1, 0.15) is 6.07 Å². The summed E-state index contributed by atoms with van der Waals surface area (Å²) in [5, 5.41) is 13.9. The molecule has 0 saturated carbocycles. The van der Waals surface area contributed by atoms with Gasteiger partial charge in [0.2, 0.25) is 5.91 Å². The summed E-state index contributed by atoms with van der Waals surface area (Å²) in [5.74, 6) is -1.09. The van der Waals surface area contributed by atoms with Crippen LogP contribution in [0.3, 0.4) is 0 Å². The van der Waals surface area contributed by atoms with Crippen molar-refractivity contribution in [3.63, 3.8) is 0 Å². The van der Waals surface area contributed by atoms with Gasteiger partial charge in [0.15, 0.2) is 11.2 Å². The van der Waals surface area contributed by atoms with Crippen molar-refractivity contribution in [2.45, 2.75) is 32.3 Å². The molecule has 1 N–H and O–H groups in total. The number of ether oxygens (including phenoxy) is 1. The van der Waals surface area contributed by atoms with Crippen LogP contribution in [0.5, 0.6) is 0 Å². The maximum Gasteiger partial charge on any atom is 0.312 e. The van der Waals surface area contributed by atoms with Gasteiger partial charge in [-0.1, -0.05) is 12.1 Å². The second-order valence-corrected chi connectivity index (χ2v) is 7.06. The summed E-state index contributed by atoms with van der Waals surface area (Å²) in [6.45, 7) is 2.09. The van der Waals surface area contributed by atoms with Gasteiger partial charge >= 0.3 is 5.97 Å². The van der Waals surface area contributed by atoms with Crippen LogP contribution in [0.15, 0.2) is 29.6 Å². The predicted octanol–water partition coefficient (Wildman–Crippen LogP) is 2.25. The van der Waals surface area contributed by atoms with E-state index in [9.17, 15) is 14.4 Å². The van der Waals surface area contributed by atoms with Crippen molar-refractivity contribution in [2.75, 3.05) is 16.8 Å². The minimum atomic E-state index is -1.03. The summed E-state index contributed by atoms with van der Waals surface area (Å²) in [4.78, 5) is 42.0. The van der Waals surface area contributed by atoms with E-state index in [1.807, 2.05) is 6.07 Å². The number of hydrogen-bond donors (Lipinski definition) is 1. The molecule has 1 aliphatic heterocycles. The summed E-state index contributed by atoms with van der Waals surface area (Å²) >= 11 is 1.30. The highest BCUT2D eigenvalue weighted by molar-refractivity contribution is 7.14. The van der Waals surface area contributed by atoms with Crippen LogP contribution >= 0.6 is 11.3 Å². The molecule has 9 heteroatoms. The lowest BCUT2D eigenvalue weighted by atomic mass is 10.2. The first-order valence-corrected chi connectivity index (χ1v) is 9.60. The number of para-hydroxylation sites is 1. The number of rotatable bonds is 6. The molecule has 144 valence electrons. The van der Waals surface area contributed by atoms with Gasteiger partial charge in [-0.15, -0.1) is 11.3 Å². The predicted molar refractivity (Wildman–Crippen MR) is 103 cm³/mol. The van der Waals surface area contributed by atoms with Gasteiger partial charge < -0.3 is 10.1 Å². The van der Waals surface area contributed by atoms with Gasteiger partial charge in [-0.3, -0.25) is 19.3 Å². The van der Waals surface area contributed by atoms with Crippen molar-refractivity contribution < 1.29 is 19.1 Å². The van der Waals surface area contributed by atoms with E-state index in [1.165, 1.54) is 18.3 Å².